The third-order valence-corrected chi connectivity index (χ3v) is 7.00. The molecule has 1 aliphatic rings. The molecule has 13 heteroatoms. The number of hydrogen-bond donors (Lipinski definition) is 1. The molecule has 2 rings (SSSR count). The fourth-order valence-electron chi connectivity index (χ4n) is 3.15. The minimum absolute atomic E-state index is 0.205. The molecule has 1 aliphatic heterocycles. The zero-order valence-corrected chi connectivity index (χ0v) is 21.7. The van der Waals surface area contributed by atoms with Crippen LogP contribution in [0.5, 0.6) is 11.5 Å². The summed E-state index contributed by atoms with van der Waals surface area (Å²) < 4.78 is 61.0. The first-order valence-corrected chi connectivity index (χ1v) is 14.5. The molecule has 35 heavy (non-hydrogen) atoms. The van der Waals surface area contributed by atoms with Gasteiger partial charge in [-0.2, -0.15) is 0 Å². The van der Waals surface area contributed by atoms with E-state index < -0.39 is 56.3 Å². The van der Waals surface area contributed by atoms with E-state index in [1.165, 1.54) is 25.5 Å². The van der Waals surface area contributed by atoms with Crippen LogP contribution < -0.4 is 4.74 Å². The highest BCUT2D eigenvalue weighted by molar-refractivity contribution is 7.90. The van der Waals surface area contributed by atoms with Gasteiger partial charge in [-0.1, -0.05) is 0 Å². The maximum Gasteiger partial charge on any atom is 0.340 e. The number of phenols is 1. The summed E-state index contributed by atoms with van der Waals surface area (Å²) in [6, 6.07) is 2.61. The van der Waals surface area contributed by atoms with E-state index in [0.29, 0.717) is 11.1 Å². The molecule has 0 spiro atoms. The van der Waals surface area contributed by atoms with Crippen molar-refractivity contribution in [2.75, 3.05) is 51.4 Å². The van der Waals surface area contributed by atoms with E-state index >= 15 is 0 Å². The lowest BCUT2D eigenvalue weighted by Crippen LogP contribution is -2.26. The number of carbonyl (C=O) groups is 2. The molecule has 0 radical (unpaired) electrons. The summed E-state index contributed by atoms with van der Waals surface area (Å²) in [4.78, 5) is 27.5. The quantitative estimate of drug-likeness (QED) is 0.451. The van der Waals surface area contributed by atoms with Crippen molar-refractivity contribution in [3.8, 4) is 11.5 Å². The number of rotatable bonds is 9. The van der Waals surface area contributed by atoms with E-state index in [9.17, 15) is 31.5 Å². The van der Waals surface area contributed by atoms with Crippen LogP contribution in [0.4, 0.5) is 0 Å². The summed E-state index contributed by atoms with van der Waals surface area (Å²) in [7, 11) is -3.77. The van der Waals surface area contributed by atoms with E-state index in [2.05, 4.69) is 0 Å². The number of phenolic OH excluding ortho intramolecular Hbond substituents is 1. The van der Waals surface area contributed by atoms with Crippen LogP contribution in [0.3, 0.4) is 0 Å². The van der Waals surface area contributed by atoms with Crippen molar-refractivity contribution in [3.05, 3.63) is 40.6 Å². The molecule has 1 N–H and O–H groups in total. The molecular formula is C22H29NO10S2. The van der Waals surface area contributed by atoms with Crippen molar-refractivity contribution < 1.29 is 45.7 Å². The topological polar surface area (TPSA) is 154 Å². The van der Waals surface area contributed by atoms with Gasteiger partial charge in [-0.3, -0.25) is 0 Å². The Morgan fingerprint density at radius 1 is 0.971 bits per heavy atom. The van der Waals surface area contributed by atoms with Crippen LogP contribution in [0.25, 0.3) is 6.08 Å². The minimum Gasteiger partial charge on any atom is -0.504 e. The SMILES string of the molecule is COc1cc2c(cc1O)C=C(C(=O)OCCS(C)(=O)=O)C(C(=O)OCCS(C)(=O)=O)=CN(C)C2C. The molecule has 0 saturated heterocycles. The summed E-state index contributed by atoms with van der Waals surface area (Å²) in [5, 5.41) is 10.3. The smallest absolute Gasteiger partial charge is 0.340 e. The fourth-order valence-corrected chi connectivity index (χ4v) is 3.92. The normalized spacial score (nSPS) is 16.3. The van der Waals surface area contributed by atoms with Gasteiger partial charge in [-0.15, -0.1) is 0 Å². The Labute approximate surface area is 204 Å². The summed E-state index contributed by atoms with van der Waals surface area (Å²) in [6.45, 7) is 0.944. The number of esters is 2. The van der Waals surface area contributed by atoms with E-state index in [-0.39, 0.29) is 28.7 Å². The van der Waals surface area contributed by atoms with Crippen molar-refractivity contribution in [2.45, 2.75) is 13.0 Å². The minimum atomic E-state index is -3.41. The summed E-state index contributed by atoms with van der Waals surface area (Å²) in [6.07, 6.45) is 4.67. The van der Waals surface area contributed by atoms with E-state index in [0.717, 1.165) is 12.5 Å². The van der Waals surface area contributed by atoms with Crippen molar-refractivity contribution >= 4 is 37.7 Å². The monoisotopic (exact) mass is 531 g/mol. The number of aromatic hydroxyl groups is 1. The Bertz CT molecular complexity index is 1260. The van der Waals surface area contributed by atoms with E-state index in [1.54, 1.807) is 18.0 Å². The maximum absolute atomic E-state index is 13.0. The Kier molecular flexibility index (Phi) is 8.95. The van der Waals surface area contributed by atoms with Crippen molar-refractivity contribution in [1.29, 1.82) is 0 Å². The number of ether oxygens (including phenoxy) is 3. The van der Waals surface area contributed by atoms with Crippen molar-refractivity contribution in [2.24, 2.45) is 0 Å². The number of methoxy groups -OCH3 is 1. The fraction of sp³-hybridized carbons (Fsp3) is 0.455. The van der Waals surface area contributed by atoms with Gasteiger partial charge in [0.05, 0.1) is 35.8 Å². The van der Waals surface area contributed by atoms with Crippen LogP contribution in [0.2, 0.25) is 0 Å². The molecule has 0 aromatic heterocycles. The van der Waals surface area contributed by atoms with Gasteiger partial charge >= 0.3 is 11.9 Å². The first kappa shape index (κ1) is 28.2. The Hall–Kier alpha value is -3.06. The Morgan fingerprint density at radius 2 is 1.49 bits per heavy atom. The molecule has 0 saturated carbocycles. The molecular weight excluding hydrogens is 502 g/mol. The standard InChI is InChI=1S/C22H29NO10S2/c1-14-16-12-20(31-3)19(24)11-15(16)10-17(21(25)32-6-8-34(4,27)28)18(13-23(14)2)22(26)33-7-9-35(5,29)30/h10-14,24H,6-9H2,1-5H3. The number of hydrogen-bond acceptors (Lipinski definition) is 11. The lowest BCUT2D eigenvalue weighted by atomic mass is 9.93. The molecule has 1 aromatic carbocycles. The van der Waals surface area contributed by atoms with Gasteiger partial charge in [0, 0.05) is 25.8 Å². The third kappa shape index (κ3) is 7.99. The molecule has 0 amide bonds. The van der Waals surface area contributed by atoms with Crippen LogP contribution in [0, 0.1) is 0 Å². The molecule has 1 atom stereocenters. The number of carbonyl (C=O) groups excluding carboxylic acids is 2. The van der Waals surface area contributed by atoms with Gasteiger partial charge < -0.3 is 24.2 Å². The first-order chi connectivity index (χ1) is 16.1. The molecule has 1 heterocycles. The van der Waals surface area contributed by atoms with Crippen LogP contribution in [0.1, 0.15) is 24.1 Å². The predicted molar refractivity (Wildman–Crippen MR) is 128 cm³/mol. The summed E-state index contributed by atoms with van der Waals surface area (Å²) in [5.41, 5.74) is 0.558. The number of nitrogens with zero attached hydrogens (tertiary/aromatic N) is 1. The molecule has 0 bridgehead atoms. The maximum atomic E-state index is 13.0. The number of sulfone groups is 2. The lowest BCUT2D eigenvalue weighted by Gasteiger charge is -2.29. The second-order valence-electron chi connectivity index (χ2n) is 8.13. The number of benzene rings is 1. The highest BCUT2D eigenvalue weighted by atomic mass is 32.2. The van der Waals surface area contributed by atoms with Gasteiger partial charge in [-0.25, -0.2) is 26.4 Å². The Balaban J connectivity index is 2.56. The highest BCUT2D eigenvalue weighted by Gasteiger charge is 2.29. The van der Waals surface area contributed by atoms with Crippen LogP contribution >= 0.6 is 0 Å². The largest absolute Gasteiger partial charge is 0.504 e. The molecule has 0 aliphatic carbocycles. The van der Waals surface area contributed by atoms with Crippen molar-refractivity contribution in [3.63, 3.8) is 0 Å². The zero-order valence-electron chi connectivity index (χ0n) is 20.1. The van der Waals surface area contributed by atoms with Crippen LogP contribution in [0.15, 0.2) is 29.5 Å². The second-order valence-corrected chi connectivity index (χ2v) is 12.6. The van der Waals surface area contributed by atoms with Crippen LogP contribution in [-0.2, 0) is 38.7 Å². The first-order valence-electron chi connectivity index (χ1n) is 10.4. The van der Waals surface area contributed by atoms with Gasteiger partial charge in [0.15, 0.2) is 31.2 Å². The zero-order chi connectivity index (χ0) is 26.6. The predicted octanol–water partition coefficient (Wildman–Crippen LogP) is 0.850. The van der Waals surface area contributed by atoms with Gasteiger partial charge in [0.1, 0.15) is 13.2 Å². The van der Waals surface area contributed by atoms with Gasteiger partial charge in [0.25, 0.3) is 0 Å². The Morgan fingerprint density at radius 3 is 1.97 bits per heavy atom. The van der Waals surface area contributed by atoms with E-state index in [1.807, 2.05) is 6.92 Å². The molecule has 0 fully saturated rings. The van der Waals surface area contributed by atoms with Gasteiger partial charge in [0.2, 0.25) is 0 Å². The number of fused-ring (bicyclic) bond motifs is 1. The van der Waals surface area contributed by atoms with Crippen LogP contribution in [-0.4, -0.2) is 90.2 Å². The van der Waals surface area contributed by atoms with E-state index in [4.69, 9.17) is 14.2 Å². The van der Waals surface area contributed by atoms with Gasteiger partial charge in [-0.05, 0) is 36.3 Å². The summed E-state index contributed by atoms with van der Waals surface area (Å²) in [5.74, 6) is -2.80. The average Bonchev–Trinajstić information content (AvgIpc) is 2.72. The van der Waals surface area contributed by atoms with Crippen molar-refractivity contribution in [1.82, 2.24) is 4.90 Å². The molecule has 1 unspecified atom stereocenters. The molecule has 11 nitrogen and oxygen atoms in total. The highest BCUT2D eigenvalue weighted by Crippen LogP contribution is 2.37. The third-order valence-electron chi connectivity index (χ3n) is 5.18. The second kappa shape index (κ2) is 11.1. The summed E-state index contributed by atoms with van der Waals surface area (Å²) >= 11 is 0. The average molecular weight is 532 g/mol. The lowest BCUT2D eigenvalue weighted by molar-refractivity contribution is -0.142. The molecule has 194 valence electrons. The molecule has 1 aromatic rings.